The first kappa shape index (κ1) is 13.9. The maximum Gasteiger partial charge on any atom is 0.281 e. The van der Waals surface area contributed by atoms with Gasteiger partial charge in [0.25, 0.3) is 12.3 Å². The lowest BCUT2D eigenvalue weighted by atomic mass is 9.95. The molecule has 0 spiro atoms. The highest BCUT2D eigenvalue weighted by Crippen LogP contribution is 2.23. The zero-order chi connectivity index (χ0) is 13.8. The van der Waals surface area contributed by atoms with Gasteiger partial charge in [0, 0.05) is 12.2 Å². The molecule has 1 fully saturated rings. The Bertz CT molecular complexity index is 457. The summed E-state index contributed by atoms with van der Waals surface area (Å²) in [5, 5.41) is 2.85. The third kappa shape index (κ3) is 3.49. The van der Waals surface area contributed by atoms with Crippen LogP contribution in [0.4, 0.5) is 8.78 Å². The highest BCUT2D eigenvalue weighted by molar-refractivity contribution is 5.95. The molecule has 104 valence electrons. The number of alkyl halides is 2. The van der Waals surface area contributed by atoms with Crippen LogP contribution in [0, 0.1) is 6.92 Å². The Morgan fingerprint density at radius 1 is 1.37 bits per heavy atom. The van der Waals surface area contributed by atoms with Crippen molar-refractivity contribution in [1.29, 1.82) is 0 Å². The lowest BCUT2D eigenvalue weighted by molar-refractivity contribution is 0.0911. The van der Waals surface area contributed by atoms with Crippen LogP contribution in [0.15, 0.2) is 12.3 Å². The molecule has 0 saturated heterocycles. The van der Waals surface area contributed by atoms with Crippen LogP contribution in [-0.4, -0.2) is 16.9 Å². The number of halogens is 2. The van der Waals surface area contributed by atoms with Crippen LogP contribution in [0.3, 0.4) is 0 Å². The maximum atomic E-state index is 12.9. The summed E-state index contributed by atoms with van der Waals surface area (Å²) < 4.78 is 25.7. The third-order valence-electron chi connectivity index (χ3n) is 3.45. The highest BCUT2D eigenvalue weighted by Gasteiger charge is 2.23. The summed E-state index contributed by atoms with van der Waals surface area (Å²) in [4.78, 5) is 15.8. The van der Waals surface area contributed by atoms with Gasteiger partial charge in [0.05, 0.1) is 5.56 Å². The fourth-order valence-corrected chi connectivity index (χ4v) is 2.45. The molecule has 0 bridgehead atoms. The zero-order valence-corrected chi connectivity index (χ0v) is 11.0. The van der Waals surface area contributed by atoms with Gasteiger partial charge in [0.1, 0.15) is 5.69 Å². The minimum atomic E-state index is -2.73. The molecule has 0 atom stereocenters. The van der Waals surface area contributed by atoms with Crippen LogP contribution >= 0.6 is 0 Å². The normalized spacial score (nSPS) is 16.6. The molecule has 19 heavy (non-hydrogen) atoms. The summed E-state index contributed by atoms with van der Waals surface area (Å²) >= 11 is 0. The molecule has 1 heterocycles. The molecule has 1 saturated carbocycles. The summed E-state index contributed by atoms with van der Waals surface area (Å²) in [5.41, 5.74) is 0.276. The number of carbonyl (C=O) groups excluding carboxylic acids is 1. The molecule has 1 N–H and O–H groups in total. The number of pyridine rings is 1. The fraction of sp³-hybridized carbons (Fsp3) is 0.571. The van der Waals surface area contributed by atoms with E-state index in [-0.39, 0.29) is 11.6 Å². The second-order valence-electron chi connectivity index (χ2n) is 5.05. The van der Waals surface area contributed by atoms with Crippen molar-refractivity contribution in [3.63, 3.8) is 0 Å². The van der Waals surface area contributed by atoms with Crippen molar-refractivity contribution in [2.45, 2.75) is 51.5 Å². The van der Waals surface area contributed by atoms with E-state index in [1.165, 1.54) is 18.7 Å². The molecule has 0 aromatic carbocycles. The number of hydrogen-bond acceptors (Lipinski definition) is 2. The van der Waals surface area contributed by atoms with E-state index in [9.17, 15) is 13.6 Å². The molecule has 1 amide bonds. The molecule has 0 radical (unpaired) electrons. The Labute approximate surface area is 111 Å². The first-order chi connectivity index (χ1) is 9.08. The van der Waals surface area contributed by atoms with Crippen LogP contribution in [0.25, 0.3) is 0 Å². The van der Waals surface area contributed by atoms with E-state index >= 15 is 0 Å². The van der Waals surface area contributed by atoms with Gasteiger partial charge in [-0.2, -0.15) is 0 Å². The first-order valence-electron chi connectivity index (χ1n) is 6.63. The molecule has 0 aliphatic heterocycles. The fourth-order valence-electron chi connectivity index (χ4n) is 2.45. The molecular formula is C14H18F2N2O. The Morgan fingerprint density at radius 3 is 2.68 bits per heavy atom. The van der Waals surface area contributed by atoms with Gasteiger partial charge in [-0.3, -0.25) is 9.78 Å². The van der Waals surface area contributed by atoms with Gasteiger partial charge in [-0.15, -0.1) is 0 Å². The van der Waals surface area contributed by atoms with Crippen molar-refractivity contribution in [3.8, 4) is 0 Å². The van der Waals surface area contributed by atoms with E-state index in [4.69, 9.17) is 0 Å². The van der Waals surface area contributed by atoms with E-state index in [1.807, 2.05) is 0 Å². The van der Waals surface area contributed by atoms with Gasteiger partial charge >= 0.3 is 0 Å². The quantitative estimate of drug-likeness (QED) is 0.913. The van der Waals surface area contributed by atoms with Gasteiger partial charge in [-0.25, -0.2) is 8.78 Å². The molecular weight excluding hydrogens is 250 g/mol. The topological polar surface area (TPSA) is 42.0 Å². The van der Waals surface area contributed by atoms with Crippen molar-refractivity contribution in [2.24, 2.45) is 0 Å². The van der Waals surface area contributed by atoms with Crippen LogP contribution in [-0.2, 0) is 0 Å². The molecule has 3 nitrogen and oxygen atoms in total. The average molecular weight is 268 g/mol. The maximum absolute atomic E-state index is 12.9. The summed E-state index contributed by atoms with van der Waals surface area (Å²) in [6, 6.07) is 1.58. The second kappa shape index (κ2) is 6.08. The predicted molar refractivity (Wildman–Crippen MR) is 68.3 cm³/mol. The number of nitrogens with one attached hydrogen (secondary N) is 1. The largest absolute Gasteiger partial charge is 0.349 e. The lowest BCUT2D eigenvalue weighted by Crippen LogP contribution is -2.36. The number of carbonyl (C=O) groups is 1. The van der Waals surface area contributed by atoms with Crippen LogP contribution < -0.4 is 5.32 Å². The summed E-state index contributed by atoms with van der Waals surface area (Å²) in [6.45, 7) is 1.74. The van der Waals surface area contributed by atoms with Crippen LogP contribution in [0.2, 0.25) is 0 Å². The van der Waals surface area contributed by atoms with Crippen molar-refractivity contribution in [2.75, 3.05) is 0 Å². The monoisotopic (exact) mass is 268 g/mol. The van der Waals surface area contributed by atoms with Gasteiger partial charge in [-0.1, -0.05) is 19.3 Å². The van der Waals surface area contributed by atoms with Gasteiger partial charge in [-0.05, 0) is 31.4 Å². The number of aromatic nitrogens is 1. The zero-order valence-electron chi connectivity index (χ0n) is 11.0. The SMILES string of the molecule is Cc1cnc(C(F)F)c(C(=O)NC2CCCCC2)c1. The van der Waals surface area contributed by atoms with E-state index in [2.05, 4.69) is 10.3 Å². The molecule has 1 aliphatic rings. The van der Waals surface area contributed by atoms with E-state index in [0.29, 0.717) is 5.56 Å². The minimum absolute atomic E-state index is 0.000531. The van der Waals surface area contributed by atoms with Gasteiger partial charge in [0.2, 0.25) is 0 Å². The Hall–Kier alpha value is -1.52. The van der Waals surface area contributed by atoms with Gasteiger partial charge in [0.15, 0.2) is 0 Å². The first-order valence-corrected chi connectivity index (χ1v) is 6.63. The van der Waals surface area contributed by atoms with E-state index in [0.717, 1.165) is 25.7 Å². The number of rotatable bonds is 3. The predicted octanol–water partition coefficient (Wildman–Crippen LogP) is 3.39. The summed E-state index contributed by atoms with van der Waals surface area (Å²) in [6.07, 6.45) is 3.83. The second-order valence-corrected chi connectivity index (χ2v) is 5.05. The lowest BCUT2D eigenvalue weighted by Gasteiger charge is -2.23. The van der Waals surface area contributed by atoms with Crippen molar-refractivity contribution < 1.29 is 13.6 Å². The standard InChI is InChI=1S/C14H18F2N2O/c1-9-7-11(12(13(15)16)17-8-9)14(19)18-10-5-3-2-4-6-10/h7-8,10,13H,2-6H2,1H3,(H,18,19). The summed E-state index contributed by atoms with van der Waals surface area (Å²) in [5.74, 6) is -0.432. The molecule has 5 heteroatoms. The Morgan fingerprint density at radius 2 is 2.05 bits per heavy atom. The Balaban J connectivity index is 2.15. The van der Waals surface area contributed by atoms with E-state index in [1.54, 1.807) is 6.92 Å². The number of aryl methyl sites for hydroxylation is 1. The van der Waals surface area contributed by atoms with Crippen molar-refractivity contribution in [3.05, 3.63) is 29.1 Å². The smallest absolute Gasteiger partial charge is 0.281 e. The molecule has 0 unspecified atom stereocenters. The van der Waals surface area contributed by atoms with E-state index < -0.39 is 18.0 Å². The van der Waals surface area contributed by atoms with Crippen LogP contribution in [0.1, 0.15) is 60.1 Å². The number of amides is 1. The third-order valence-corrected chi connectivity index (χ3v) is 3.45. The van der Waals surface area contributed by atoms with Crippen molar-refractivity contribution >= 4 is 5.91 Å². The molecule has 1 aromatic rings. The van der Waals surface area contributed by atoms with Gasteiger partial charge < -0.3 is 5.32 Å². The molecule has 2 rings (SSSR count). The summed E-state index contributed by atoms with van der Waals surface area (Å²) in [7, 11) is 0. The average Bonchev–Trinajstić information content (AvgIpc) is 2.39. The molecule has 1 aliphatic carbocycles. The van der Waals surface area contributed by atoms with Crippen molar-refractivity contribution in [1.82, 2.24) is 10.3 Å². The number of nitrogens with zero attached hydrogens (tertiary/aromatic N) is 1. The Kier molecular flexibility index (Phi) is 4.45. The van der Waals surface area contributed by atoms with Crippen LogP contribution in [0.5, 0.6) is 0 Å². The highest BCUT2D eigenvalue weighted by atomic mass is 19.3. The minimum Gasteiger partial charge on any atom is -0.349 e. The number of hydrogen-bond donors (Lipinski definition) is 1. The molecule has 1 aromatic heterocycles.